The number of carbonyl (C=O) groups excluding carboxylic acids is 2. The molecule has 1 aliphatic rings. The molecule has 136 valence electrons. The number of rotatable bonds is 4. The summed E-state index contributed by atoms with van der Waals surface area (Å²) in [6.45, 7) is 11.4. The Bertz CT molecular complexity index is 373. The molecule has 1 unspecified atom stereocenters. The van der Waals surface area contributed by atoms with Crippen molar-refractivity contribution in [3.05, 3.63) is 14.0 Å². The summed E-state index contributed by atoms with van der Waals surface area (Å²) in [6, 6.07) is -0.431. The fraction of sp³-hybridized carbons (Fsp3) is 0.750. The van der Waals surface area contributed by atoms with E-state index in [1.165, 1.54) is 17.7 Å². The topological polar surface area (TPSA) is 82.1 Å². The van der Waals surface area contributed by atoms with Gasteiger partial charge in [-0.2, -0.15) is 11.5 Å². The molecule has 0 radical (unpaired) electrons. The first-order chi connectivity index (χ1) is 10.6. The van der Waals surface area contributed by atoms with Gasteiger partial charge in [-0.3, -0.25) is 16.7 Å². The number of hydrogen-bond donors (Lipinski definition) is 2. The Labute approximate surface area is 171 Å². The van der Waals surface area contributed by atoms with Crippen molar-refractivity contribution in [3.63, 3.8) is 0 Å². The van der Waals surface area contributed by atoms with Crippen molar-refractivity contribution >= 4 is 12.0 Å². The predicted molar refractivity (Wildman–Crippen MR) is 88.2 cm³/mol. The molecular weight excluding hydrogens is 387 g/mol. The van der Waals surface area contributed by atoms with Crippen molar-refractivity contribution in [2.75, 3.05) is 13.2 Å². The Hall–Kier alpha value is -0.236. The number of hydrogen-bond acceptors (Lipinski definition) is 5. The maximum Gasteiger partial charge on any atom is 3.00 e. The third-order valence-electron chi connectivity index (χ3n) is 3.04. The Morgan fingerprint density at radius 3 is 2.33 bits per heavy atom. The van der Waals surface area contributed by atoms with Crippen LogP contribution in [0, 0.1) is 14.0 Å². The summed E-state index contributed by atoms with van der Waals surface area (Å²) in [5, 5.41) is 12.8. The zero-order chi connectivity index (χ0) is 18.0. The van der Waals surface area contributed by atoms with Crippen LogP contribution < -0.4 is 5.32 Å². The minimum absolute atomic E-state index is 0. The zero-order valence-corrected chi connectivity index (χ0v) is 18.2. The molecule has 0 aromatic carbocycles. The van der Waals surface area contributed by atoms with Crippen LogP contribution in [0.25, 0.3) is 0 Å². The van der Waals surface area contributed by atoms with Gasteiger partial charge in [0.1, 0.15) is 12.3 Å². The van der Waals surface area contributed by atoms with Crippen LogP contribution in [0.5, 0.6) is 0 Å². The number of hydroxylamine groups is 2. The maximum absolute atomic E-state index is 11.8. The number of amides is 2. The van der Waals surface area contributed by atoms with Crippen molar-refractivity contribution < 1.29 is 52.2 Å². The first-order valence-electron chi connectivity index (χ1n) is 7.93. The number of carbonyl (C=O) groups is 2. The molecule has 0 saturated carbocycles. The van der Waals surface area contributed by atoms with E-state index in [0.29, 0.717) is 0 Å². The third-order valence-corrected chi connectivity index (χ3v) is 3.04. The second-order valence-corrected chi connectivity index (χ2v) is 6.45. The van der Waals surface area contributed by atoms with E-state index in [4.69, 9.17) is 4.74 Å². The average Bonchev–Trinajstić information content (AvgIpc) is 2.80. The molecule has 1 aliphatic heterocycles. The van der Waals surface area contributed by atoms with Gasteiger partial charge in [0.25, 0.3) is 0 Å². The predicted octanol–water partition coefficient (Wildman–Crippen LogP) is 2.56. The Balaban J connectivity index is 0. The van der Waals surface area contributed by atoms with Gasteiger partial charge in [0, 0.05) is 13.0 Å². The molecule has 24 heavy (non-hydrogen) atoms. The summed E-state index contributed by atoms with van der Waals surface area (Å²) in [5.74, 6) is -0.287. The standard InChI is InChI=1S/C11H20N3O4.C5H11.Y/c1-11(2,3)18-10(16)13-6-8(14(17)7-13)5-9(15)12-4;1-3-5-4-2;/h8,17H,4-7H2,1-3H3,(H,12,15);1,3-5H2,2H3;/q2*-1;+3. The molecule has 0 bridgehead atoms. The molecule has 7 nitrogen and oxygen atoms in total. The molecule has 0 aromatic rings. The molecule has 2 N–H and O–H groups in total. The Morgan fingerprint density at radius 1 is 1.38 bits per heavy atom. The molecule has 1 heterocycles. The van der Waals surface area contributed by atoms with Crippen LogP contribution in [0.2, 0.25) is 0 Å². The normalized spacial score (nSPS) is 17.5. The number of nitrogens with one attached hydrogen (secondary N) is 1. The summed E-state index contributed by atoms with van der Waals surface area (Å²) in [7, 11) is 3.25. The van der Waals surface area contributed by atoms with Crippen molar-refractivity contribution in [1.82, 2.24) is 15.3 Å². The minimum Gasteiger partial charge on any atom is -0.508 e. The first-order valence-corrected chi connectivity index (χ1v) is 7.93. The van der Waals surface area contributed by atoms with Gasteiger partial charge in [0.15, 0.2) is 5.91 Å². The van der Waals surface area contributed by atoms with Crippen LogP contribution in [0.15, 0.2) is 0 Å². The molecule has 1 saturated heterocycles. The molecule has 1 fully saturated rings. The monoisotopic (exact) mass is 418 g/mol. The van der Waals surface area contributed by atoms with Gasteiger partial charge in [-0.25, -0.2) is 4.79 Å². The number of ether oxygens (including phenoxy) is 1. The van der Waals surface area contributed by atoms with Crippen LogP contribution in [-0.2, 0) is 42.2 Å². The van der Waals surface area contributed by atoms with Gasteiger partial charge in [-0.05, 0) is 20.8 Å². The smallest absolute Gasteiger partial charge is 0.508 e. The van der Waals surface area contributed by atoms with Crippen molar-refractivity contribution in [1.29, 1.82) is 0 Å². The van der Waals surface area contributed by atoms with E-state index in [9.17, 15) is 14.8 Å². The summed E-state index contributed by atoms with van der Waals surface area (Å²) >= 11 is 0. The van der Waals surface area contributed by atoms with E-state index in [2.05, 4.69) is 26.2 Å². The van der Waals surface area contributed by atoms with E-state index < -0.39 is 17.7 Å². The average molecular weight is 418 g/mol. The molecule has 1 atom stereocenters. The van der Waals surface area contributed by atoms with Crippen LogP contribution >= 0.6 is 0 Å². The van der Waals surface area contributed by atoms with E-state index >= 15 is 0 Å². The Kier molecular flexibility index (Phi) is 14.1. The van der Waals surface area contributed by atoms with E-state index in [-0.39, 0.29) is 58.3 Å². The molecule has 1 rings (SSSR count). The summed E-state index contributed by atoms with van der Waals surface area (Å²) in [5.41, 5.74) is -0.583. The minimum atomic E-state index is -0.583. The number of unbranched alkanes of at least 4 members (excludes halogenated alkanes) is 2. The van der Waals surface area contributed by atoms with Crippen molar-refractivity contribution in [2.24, 2.45) is 0 Å². The molecule has 0 aromatic heterocycles. The second-order valence-electron chi connectivity index (χ2n) is 6.45. The van der Waals surface area contributed by atoms with E-state index in [1.807, 2.05) is 0 Å². The SMILES string of the molecule is [CH2-]CCCC.[CH2-]NC(=O)CC1CN(C(=O)OC(C)(C)C)CN1O.[Y+3]. The van der Waals surface area contributed by atoms with Gasteiger partial charge in [-0.1, -0.05) is 19.8 Å². The molecule has 0 spiro atoms. The summed E-state index contributed by atoms with van der Waals surface area (Å²) in [6.07, 6.45) is 3.23. The van der Waals surface area contributed by atoms with Gasteiger partial charge < -0.3 is 22.2 Å². The fourth-order valence-corrected chi connectivity index (χ4v) is 1.86. The van der Waals surface area contributed by atoms with Crippen molar-refractivity contribution in [2.45, 2.75) is 65.0 Å². The quantitative estimate of drug-likeness (QED) is 0.686. The summed E-state index contributed by atoms with van der Waals surface area (Å²) < 4.78 is 5.19. The van der Waals surface area contributed by atoms with Gasteiger partial charge in [-0.15, -0.1) is 0 Å². The van der Waals surface area contributed by atoms with E-state index in [1.54, 1.807) is 20.8 Å². The van der Waals surface area contributed by atoms with Crippen LogP contribution in [0.4, 0.5) is 4.79 Å². The second kappa shape index (κ2) is 13.0. The van der Waals surface area contributed by atoms with Crippen LogP contribution in [0.3, 0.4) is 0 Å². The van der Waals surface area contributed by atoms with Crippen LogP contribution in [0.1, 0.15) is 53.4 Å². The van der Waals surface area contributed by atoms with Gasteiger partial charge in [0.05, 0.1) is 6.04 Å². The maximum atomic E-state index is 11.8. The van der Waals surface area contributed by atoms with Crippen LogP contribution in [-0.4, -0.2) is 52.0 Å². The molecular formula is C16H31N3O4Y+. The fourth-order valence-electron chi connectivity index (χ4n) is 1.86. The summed E-state index contributed by atoms with van der Waals surface area (Å²) in [4.78, 5) is 24.3. The largest absolute Gasteiger partial charge is 3.00 e. The molecule has 0 aliphatic carbocycles. The molecule has 2 amide bonds. The molecule has 8 heteroatoms. The number of nitrogens with zero attached hydrogens (tertiary/aromatic N) is 2. The van der Waals surface area contributed by atoms with Gasteiger partial charge >= 0.3 is 38.8 Å². The van der Waals surface area contributed by atoms with Gasteiger partial charge in [0.2, 0.25) is 0 Å². The third kappa shape index (κ3) is 11.3. The van der Waals surface area contributed by atoms with Crippen molar-refractivity contribution in [3.8, 4) is 0 Å². The zero-order valence-electron chi connectivity index (χ0n) is 15.4. The first kappa shape index (κ1) is 26.0. The Morgan fingerprint density at radius 2 is 1.96 bits per heavy atom. The van der Waals surface area contributed by atoms with E-state index in [0.717, 1.165) is 11.5 Å².